The highest BCUT2D eigenvalue weighted by Gasteiger charge is 2.25. The van der Waals surface area contributed by atoms with Gasteiger partial charge in [0.05, 0.1) is 4.92 Å². The molecule has 0 aromatic heterocycles. The van der Waals surface area contributed by atoms with E-state index in [-0.39, 0.29) is 10.6 Å². The van der Waals surface area contributed by atoms with E-state index in [1.165, 1.54) is 16.7 Å². The third kappa shape index (κ3) is 5.12. The van der Waals surface area contributed by atoms with Gasteiger partial charge < -0.3 is 5.32 Å². The molecule has 1 N–H and O–H groups in total. The van der Waals surface area contributed by atoms with Crippen LogP contribution in [0.2, 0.25) is 0 Å². The molecule has 0 aliphatic carbocycles. The highest BCUT2D eigenvalue weighted by molar-refractivity contribution is 5.33. The summed E-state index contributed by atoms with van der Waals surface area (Å²) in [6.45, 7) is 3.54. The summed E-state index contributed by atoms with van der Waals surface area (Å²) in [5.74, 6) is 0. The molecular formula is C25H27N3O2. The van der Waals surface area contributed by atoms with Crippen molar-refractivity contribution in [1.29, 1.82) is 0 Å². The van der Waals surface area contributed by atoms with E-state index in [0.717, 1.165) is 38.0 Å². The van der Waals surface area contributed by atoms with E-state index in [1.54, 1.807) is 12.1 Å². The molecule has 0 saturated heterocycles. The van der Waals surface area contributed by atoms with Gasteiger partial charge >= 0.3 is 0 Å². The number of nitrogens with one attached hydrogen (secondary N) is 1. The third-order valence-electron chi connectivity index (χ3n) is 5.83. The first-order valence-corrected chi connectivity index (χ1v) is 10.5. The number of benzene rings is 3. The minimum Gasteiger partial charge on any atom is -0.311 e. The molecule has 30 heavy (non-hydrogen) atoms. The number of nitrogens with zero attached hydrogens (tertiary/aromatic N) is 2. The van der Waals surface area contributed by atoms with Crippen LogP contribution in [-0.2, 0) is 25.9 Å². The Morgan fingerprint density at radius 3 is 2.33 bits per heavy atom. The summed E-state index contributed by atoms with van der Waals surface area (Å²) in [5.41, 5.74) is 5.47. The Hall–Kier alpha value is -3.02. The first-order valence-electron chi connectivity index (χ1n) is 10.5. The quantitative estimate of drug-likeness (QED) is 0.346. The molecule has 5 nitrogen and oxygen atoms in total. The van der Waals surface area contributed by atoms with E-state index >= 15 is 0 Å². The maximum Gasteiger partial charge on any atom is 0.269 e. The van der Waals surface area contributed by atoms with Crippen LogP contribution in [0.25, 0.3) is 0 Å². The van der Waals surface area contributed by atoms with E-state index in [9.17, 15) is 10.1 Å². The molecule has 1 aliphatic rings. The van der Waals surface area contributed by atoms with Crippen LogP contribution in [0.1, 0.15) is 22.3 Å². The first kappa shape index (κ1) is 20.3. The number of non-ortho nitro benzene ring substituents is 1. The summed E-state index contributed by atoms with van der Waals surface area (Å²) in [6.07, 6.45) is 2.13. The normalized spacial score (nSPS) is 16.2. The van der Waals surface area contributed by atoms with E-state index in [1.807, 2.05) is 12.1 Å². The first-order chi connectivity index (χ1) is 14.7. The van der Waals surface area contributed by atoms with Crippen LogP contribution in [-0.4, -0.2) is 29.0 Å². The minimum absolute atomic E-state index is 0.134. The Morgan fingerprint density at radius 1 is 0.900 bits per heavy atom. The molecule has 3 aromatic carbocycles. The summed E-state index contributed by atoms with van der Waals surface area (Å²) < 4.78 is 0. The van der Waals surface area contributed by atoms with Crippen molar-refractivity contribution in [1.82, 2.24) is 10.2 Å². The predicted molar refractivity (Wildman–Crippen MR) is 119 cm³/mol. The predicted octanol–water partition coefficient (Wildman–Crippen LogP) is 4.35. The topological polar surface area (TPSA) is 58.4 Å². The van der Waals surface area contributed by atoms with Gasteiger partial charge in [-0.25, -0.2) is 0 Å². The zero-order valence-electron chi connectivity index (χ0n) is 17.0. The lowest BCUT2D eigenvalue weighted by Crippen LogP contribution is -2.44. The Kier molecular flexibility index (Phi) is 6.52. The molecule has 0 radical (unpaired) electrons. The molecule has 1 aliphatic heterocycles. The van der Waals surface area contributed by atoms with Crippen LogP contribution in [0, 0.1) is 10.1 Å². The zero-order valence-corrected chi connectivity index (χ0v) is 17.0. The maximum atomic E-state index is 10.8. The van der Waals surface area contributed by atoms with Crippen LogP contribution < -0.4 is 5.32 Å². The van der Waals surface area contributed by atoms with Gasteiger partial charge in [0, 0.05) is 44.4 Å². The van der Waals surface area contributed by atoms with Crippen molar-refractivity contribution in [2.75, 3.05) is 13.1 Å². The van der Waals surface area contributed by atoms with Gasteiger partial charge in [0.1, 0.15) is 0 Å². The maximum absolute atomic E-state index is 10.8. The summed E-state index contributed by atoms with van der Waals surface area (Å²) >= 11 is 0. The van der Waals surface area contributed by atoms with Gasteiger partial charge in [-0.05, 0) is 35.1 Å². The smallest absolute Gasteiger partial charge is 0.269 e. The lowest BCUT2D eigenvalue weighted by Gasteiger charge is -2.37. The van der Waals surface area contributed by atoms with Crippen molar-refractivity contribution >= 4 is 5.69 Å². The zero-order chi connectivity index (χ0) is 20.8. The van der Waals surface area contributed by atoms with E-state index in [0.29, 0.717) is 12.6 Å². The summed E-state index contributed by atoms with van der Waals surface area (Å²) in [5, 5.41) is 14.3. The lowest BCUT2D eigenvalue weighted by molar-refractivity contribution is -0.384. The Morgan fingerprint density at radius 2 is 1.60 bits per heavy atom. The molecule has 0 spiro atoms. The number of hydrogen-bond donors (Lipinski definition) is 1. The van der Waals surface area contributed by atoms with Crippen LogP contribution in [0.3, 0.4) is 0 Å². The Labute approximate surface area is 177 Å². The van der Waals surface area contributed by atoms with Gasteiger partial charge in [0.2, 0.25) is 0 Å². The van der Waals surface area contributed by atoms with E-state index in [2.05, 4.69) is 64.8 Å². The van der Waals surface area contributed by atoms with Crippen LogP contribution in [0.4, 0.5) is 5.69 Å². The molecule has 0 saturated carbocycles. The van der Waals surface area contributed by atoms with Crippen molar-refractivity contribution in [3.8, 4) is 0 Å². The number of nitro groups is 1. The highest BCUT2D eigenvalue weighted by atomic mass is 16.6. The van der Waals surface area contributed by atoms with Crippen molar-refractivity contribution < 1.29 is 4.92 Å². The third-order valence-corrected chi connectivity index (χ3v) is 5.83. The van der Waals surface area contributed by atoms with Gasteiger partial charge in [-0.15, -0.1) is 0 Å². The average Bonchev–Trinajstić information content (AvgIpc) is 2.78. The van der Waals surface area contributed by atoms with E-state index < -0.39 is 0 Å². The van der Waals surface area contributed by atoms with Crippen molar-refractivity contribution in [3.05, 3.63) is 111 Å². The fraction of sp³-hybridized carbons (Fsp3) is 0.280. The fourth-order valence-electron chi connectivity index (χ4n) is 4.18. The van der Waals surface area contributed by atoms with Crippen molar-refractivity contribution in [2.45, 2.75) is 32.0 Å². The Balaban J connectivity index is 1.36. The molecule has 154 valence electrons. The van der Waals surface area contributed by atoms with E-state index in [4.69, 9.17) is 0 Å². The summed E-state index contributed by atoms with van der Waals surface area (Å²) in [4.78, 5) is 13.0. The van der Waals surface area contributed by atoms with Gasteiger partial charge in [-0.2, -0.15) is 0 Å². The monoisotopic (exact) mass is 401 g/mol. The molecule has 1 atom stereocenters. The second-order valence-electron chi connectivity index (χ2n) is 7.89. The number of hydrogen-bond acceptors (Lipinski definition) is 4. The number of rotatable bonds is 8. The molecule has 5 heteroatoms. The molecular weight excluding hydrogens is 374 g/mol. The molecule has 4 rings (SSSR count). The van der Waals surface area contributed by atoms with Crippen LogP contribution in [0.5, 0.6) is 0 Å². The second kappa shape index (κ2) is 9.65. The van der Waals surface area contributed by atoms with Crippen molar-refractivity contribution in [3.63, 3.8) is 0 Å². The Bertz CT molecular complexity index is 973. The van der Waals surface area contributed by atoms with Crippen molar-refractivity contribution in [2.24, 2.45) is 0 Å². The SMILES string of the molecule is O=[N+]([O-])c1ccc(CNCCN2Cc3ccccc3CC2Cc2ccccc2)cc1. The number of fused-ring (bicyclic) bond motifs is 1. The van der Waals surface area contributed by atoms with Gasteiger partial charge in [-0.1, -0.05) is 66.7 Å². The molecule has 0 bridgehead atoms. The summed E-state index contributed by atoms with van der Waals surface area (Å²) in [7, 11) is 0. The molecule has 3 aromatic rings. The minimum atomic E-state index is -0.363. The average molecular weight is 402 g/mol. The summed E-state index contributed by atoms with van der Waals surface area (Å²) in [6, 6.07) is 26.7. The van der Waals surface area contributed by atoms with Gasteiger partial charge in [0.15, 0.2) is 0 Å². The lowest BCUT2D eigenvalue weighted by atomic mass is 9.90. The van der Waals surface area contributed by atoms with Gasteiger partial charge in [0.25, 0.3) is 5.69 Å². The standard InChI is InChI=1S/C25H27N3O2/c29-28(30)24-12-10-21(11-13-24)18-26-14-15-27-19-23-9-5-4-8-22(23)17-25(27)16-20-6-2-1-3-7-20/h1-13,25-26H,14-19H2. The van der Waals surface area contributed by atoms with Crippen LogP contribution in [0.15, 0.2) is 78.9 Å². The van der Waals surface area contributed by atoms with Gasteiger partial charge in [-0.3, -0.25) is 15.0 Å². The molecule has 0 fully saturated rings. The second-order valence-corrected chi connectivity index (χ2v) is 7.89. The largest absolute Gasteiger partial charge is 0.311 e. The highest BCUT2D eigenvalue weighted by Crippen LogP contribution is 2.25. The fourth-order valence-corrected chi connectivity index (χ4v) is 4.18. The molecule has 1 unspecified atom stereocenters. The number of nitro benzene ring substituents is 1. The molecule has 0 amide bonds. The van der Waals surface area contributed by atoms with Crippen LogP contribution >= 0.6 is 0 Å². The molecule has 1 heterocycles.